The van der Waals surface area contributed by atoms with Crippen LogP contribution in [-0.4, -0.2) is 38.6 Å². The summed E-state index contributed by atoms with van der Waals surface area (Å²) >= 11 is 9.44. The van der Waals surface area contributed by atoms with Crippen LogP contribution in [0.15, 0.2) is 40.9 Å². The second-order valence-corrected chi connectivity index (χ2v) is 6.87. The highest BCUT2D eigenvalue weighted by Crippen LogP contribution is 2.28. The Morgan fingerprint density at radius 1 is 1.16 bits per heavy atom. The first-order valence-electron chi connectivity index (χ1n) is 7.57. The zero-order valence-corrected chi connectivity index (χ0v) is 16.6. The summed E-state index contributed by atoms with van der Waals surface area (Å²) in [6.45, 7) is 0.786. The third-order valence-electron chi connectivity index (χ3n) is 3.53. The molecule has 0 spiro atoms. The van der Waals surface area contributed by atoms with Crippen molar-refractivity contribution in [2.24, 2.45) is 0 Å². The molecule has 0 fully saturated rings. The van der Waals surface area contributed by atoms with E-state index in [1.807, 2.05) is 30.1 Å². The number of carbonyl (C=O) groups is 1. The van der Waals surface area contributed by atoms with Crippen LogP contribution >= 0.6 is 27.5 Å². The summed E-state index contributed by atoms with van der Waals surface area (Å²) < 4.78 is 11.6. The normalized spacial score (nSPS) is 10.6. The van der Waals surface area contributed by atoms with Crippen LogP contribution in [0.1, 0.15) is 5.56 Å². The Morgan fingerprint density at radius 2 is 1.84 bits per heavy atom. The number of hydrogen-bond acceptors (Lipinski definition) is 4. The van der Waals surface area contributed by atoms with Gasteiger partial charge in [0.2, 0.25) is 5.91 Å². The minimum Gasteiger partial charge on any atom is -0.496 e. The molecule has 2 rings (SSSR count). The molecule has 0 unspecified atom stereocenters. The predicted octanol–water partition coefficient (Wildman–Crippen LogP) is 4.19. The first-order valence-corrected chi connectivity index (χ1v) is 8.74. The van der Waals surface area contributed by atoms with Gasteiger partial charge >= 0.3 is 0 Å². The maximum atomic E-state index is 12.3. The lowest BCUT2D eigenvalue weighted by Gasteiger charge is -2.19. The molecule has 0 aliphatic rings. The summed E-state index contributed by atoms with van der Waals surface area (Å²) in [5, 5.41) is 3.36. The van der Waals surface area contributed by atoms with Crippen molar-refractivity contribution in [1.82, 2.24) is 4.90 Å². The van der Waals surface area contributed by atoms with E-state index in [1.165, 1.54) is 0 Å². The number of hydrogen-bond donors (Lipinski definition) is 1. The van der Waals surface area contributed by atoms with Gasteiger partial charge in [-0.3, -0.25) is 9.69 Å². The van der Waals surface area contributed by atoms with Crippen molar-refractivity contribution in [2.45, 2.75) is 6.54 Å². The van der Waals surface area contributed by atoms with E-state index in [9.17, 15) is 4.79 Å². The van der Waals surface area contributed by atoms with Gasteiger partial charge in [-0.15, -0.1) is 0 Å². The second kappa shape index (κ2) is 9.08. The van der Waals surface area contributed by atoms with Crippen molar-refractivity contribution < 1.29 is 14.3 Å². The Morgan fingerprint density at radius 3 is 2.52 bits per heavy atom. The Kier molecular flexibility index (Phi) is 7.11. The summed E-state index contributed by atoms with van der Waals surface area (Å²) in [6, 6.07) is 10.9. The predicted molar refractivity (Wildman–Crippen MR) is 104 cm³/mol. The molecule has 0 radical (unpaired) electrons. The number of ether oxygens (including phenoxy) is 2. The average Bonchev–Trinajstić information content (AvgIpc) is 2.55. The number of benzene rings is 2. The van der Waals surface area contributed by atoms with Crippen molar-refractivity contribution in [2.75, 3.05) is 33.1 Å². The molecular weight excluding hydrogens is 408 g/mol. The fraction of sp³-hybridized carbons (Fsp3) is 0.278. The van der Waals surface area contributed by atoms with Gasteiger partial charge in [0.05, 0.1) is 26.5 Å². The quantitative estimate of drug-likeness (QED) is 0.720. The zero-order valence-electron chi connectivity index (χ0n) is 14.3. The Hall–Kier alpha value is -1.76. The van der Waals surface area contributed by atoms with Crippen LogP contribution in [0.4, 0.5) is 5.69 Å². The van der Waals surface area contributed by atoms with Crippen LogP contribution in [0.25, 0.3) is 0 Å². The fourth-order valence-corrected chi connectivity index (χ4v) is 3.01. The van der Waals surface area contributed by atoms with Crippen LogP contribution in [0.2, 0.25) is 5.02 Å². The summed E-state index contributed by atoms with van der Waals surface area (Å²) in [5.41, 5.74) is 1.54. The number of carbonyl (C=O) groups excluding carboxylic acids is 1. The van der Waals surface area contributed by atoms with E-state index in [1.54, 1.807) is 32.4 Å². The number of anilines is 1. The van der Waals surface area contributed by atoms with E-state index >= 15 is 0 Å². The van der Waals surface area contributed by atoms with Gasteiger partial charge in [-0.05, 0) is 43.4 Å². The maximum absolute atomic E-state index is 12.3. The van der Waals surface area contributed by atoms with Gasteiger partial charge in [-0.2, -0.15) is 0 Å². The third-order valence-corrected chi connectivity index (χ3v) is 4.26. The maximum Gasteiger partial charge on any atom is 0.238 e. The van der Waals surface area contributed by atoms with Gasteiger partial charge in [-0.1, -0.05) is 27.5 Å². The highest BCUT2D eigenvalue weighted by molar-refractivity contribution is 9.10. The Balaban J connectivity index is 2.01. The smallest absolute Gasteiger partial charge is 0.238 e. The molecule has 2 aromatic carbocycles. The van der Waals surface area contributed by atoms with E-state index in [2.05, 4.69) is 21.2 Å². The molecule has 0 bridgehead atoms. The molecular formula is C18H20BrClN2O3. The van der Waals surface area contributed by atoms with Gasteiger partial charge in [0.15, 0.2) is 0 Å². The van der Waals surface area contributed by atoms with Gasteiger partial charge in [0.25, 0.3) is 0 Å². The van der Waals surface area contributed by atoms with E-state index in [-0.39, 0.29) is 12.5 Å². The molecule has 0 aliphatic heterocycles. The monoisotopic (exact) mass is 426 g/mol. The molecule has 2 aromatic rings. The highest BCUT2D eigenvalue weighted by Gasteiger charge is 2.13. The molecule has 1 N–H and O–H groups in total. The molecule has 7 heteroatoms. The second-order valence-electron chi connectivity index (χ2n) is 5.52. The third kappa shape index (κ3) is 5.63. The molecule has 1 amide bonds. The molecule has 5 nitrogen and oxygen atoms in total. The van der Waals surface area contributed by atoms with Crippen LogP contribution in [0.5, 0.6) is 11.5 Å². The van der Waals surface area contributed by atoms with E-state index in [4.69, 9.17) is 21.1 Å². The minimum atomic E-state index is -0.156. The van der Waals surface area contributed by atoms with Gasteiger partial charge in [0.1, 0.15) is 11.5 Å². The topological polar surface area (TPSA) is 50.8 Å². The molecule has 0 aliphatic carbocycles. The largest absolute Gasteiger partial charge is 0.496 e. The summed E-state index contributed by atoms with van der Waals surface area (Å²) in [6.07, 6.45) is 0. The van der Waals surface area contributed by atoms with Gasteiger partial charge in [0, 0.05) is 21.6 Å². The molecule has 0 aromatic heterocycles. The number of methoxy groups -OCH3 is 2. The molecule has 0 saturated heterocycles. The average molecular weight is 428 g/mol. The molecule has 25 heavy (non-hydrogen) atoms. The molecule has 0 atom stereocenters. The summed E-state index contributed by atoms with van der Waals surface area (Å²) in [5.74, 6) is 1.19. The Bertz CT molecular complexity index is 755. The number of halogens is 2. The lowest BCUT2D eigenvalue weighted by molar-refractivity contribution is -0.117. The lowest BCUT2D eigenvalue weighted by atomic mass is 10.2. The number of rotatable bonds is 7. The van der Waals surface area contributed by atoms with Gasteiger partial charge < -0.3 is 14.8 Å². The zero-order chi connectivity index (χ0) is 18.4. The van der Waals surface area contributed by atoms with Crippen molar-refractivity contribution in [3.63, 3.8) is 0 Å². The van der Waals surface area contributed by atoms with Crippen LogP contribution in [-0.2, 0) is 11.3 Å². The van der Waals surface area contributed by atoms with E-state index in [0.29, 0.717) is 23.0 Å². The Labute approximate surface area is 161 Å². The van der Waals surface area contributed by atoms with Crippen LogP contribution < -0.4 is 14.8 Å². The first kappa shape index (κ1) is 19.6. The van der Waals surface area contributed by atoms with Crippen molar-refractivity contribution >= 4 is 39.1 Å². The number of nitrogens with one attached hydrogen (secondary N) is 1. The molecule has 0 saturated carbocycles. The van der Waals surface area contributed by atoms with Crippen molar-refractivity contribution in [3.8, 4) is 11.5 Å². The molecule has 0 heterocycles. The van der Waals surface area contributed by atoms with Crippen LogP contribution in [0.3, 0.4) is 0 Å². The van der Waals surface area contributed by atoms with Crippen molar-refractivity contribution in [3.05, 3.63) is 51.5 Å². The number of amides is 1. The first-order chi connectivity index (χ1) is 11.9. The number of nitrogens with zero attached hydrogens (tertiary/aromatic N) is 1. The van der Waals surface area contributed by atoms with Crippen molar-refractivity contribution in [1.29, 1.82) is 0 Å². The van der Waals surface area contributed by atoms with Crippen LogP contribution in [0, 0.1) is 0 Å². The molecule has 134 valence electrons. The standard InChI is InChI=1S/C18H20BrClN2O3/c1-22(10-12-8-13(19)4-6-16(12)24-2)11-18(23)21-15-9-14(20)5-7-17(15)25-3/h4-9H,10-11H2,1-3H3,(H,21,23). The summed E-state index contributed by atoms with van der Waals surface area (Å²) in [4.78, 5) is 14.2. The fourth-order valence-electron chi connectivity index (χ4n) is 2.43. The van der Waals surface area contributed by atoms with E-state index < -0.39 is 0 Å². The highest BCUT2D eigenvalue weighted by atomic mass is 79.9. The minimum absolute atomic E-state index is 0.156. The van der Waals surface area contributed by atoms with E-state index in [0.717, 1.165) is 15.8 Å². The van der Waals surface area contributed by atoms with Gasteiger partial charge in [-0.25, -0.2) is 0 Å². The SMILES string of the molecule is COc1ccc(Br)cc1CN(C)CC(=O)Nc1cc(Cl)ccc1OC. The number of likely N-dealkylation sites (N-methyl/N-ethyl adjacent to an activating group) is 1. The summed E-state index contributed by atoms with van der Waals surface area (Å²) in [7, 11) is 5.05. The lowest BCUT2D eigenvalue weighted by Crippen LogP contribution is -2.30.